The van der Waals surface area contributed by atoms with E-state index in [-0.39, 0.29) is 10.7 Å². The Morgan fingerprint density at radius 3 is 2.89 bits per heavy atom. The minimum Gasteiger partial charge on any atom is -0.326 e. The molecule has 0 saturated carbocycles. The van der Waals surface area contributed by atoms with E-state index in [2.05, 4.69) is 51.1 Å². The summed E-state index contributed by atoms with van der Waals surface area (Å²) < 4.78 is 0. The molecule has 1 aromatic carbocycles. The van der Waals surface area contributed by atoms with Gasteiger partial charge in [0.1, 0.15) is 0 Å². The second-order valence-electron chi connectivity index (χ2n) is 4.84. The maximum atomic E-state index is 11.4. The Hall–Kier alpha value is -1.13. The first-order chi connectivity index (χ1) is 9.15. The fraction of sp³-hybridized carbons (Fsp3) is 0.267. The molecule has 1 unspecified atom stereocenters. The molecule has 98 valence electrons. The number of carbonyl (C=O) groups is 1. The number of nitrogens with one attached hydrogen (secondary N) is 1. The number of hydrogen-bond donors (Lipinski definition) is 1. The van der Waals surface area contributed by atoms with Crippen LogP contribution in [-0.2, 0) is 11.2 Å². The maximum Gasteiger partial charge on any atom is 0.224 e. The summed E-state index contributed by atoms with van der Waals surface area (Å²) in [5.41, 5.74) is 6.08. The predicted octanol–water partition coefficient (Wildman–Crippen LogP) is 4.43. The molecule has 0 fully saturated rings. The lowest BCUT2D eigenvalue weighted by Crippen LogP contribution is -2.19. The predicted molar refractivity (Wildman–Crippen MR) is 83.2 cm³/mol. The average Bonchev–Trinajstić information content (AvgIpc) is 2.83. The zero-order valence-electron chi connectivity index (χ0n) is 10.6. The number of fused-ring (bicyclic) bond motifs is 1. The summed E-state index contributed by atoms with van der Waals surface area (Å²) in [4.78, 5) is 11.6. The summed E-state index contributed by atoms with van der Waals surface area (Å²) in [5, 5.41) is 7.28. The topological polar surface area (TPSA) is 29.1 Å². The molecule has 0 saturated heterocycles. The van der Waals surface area contributed by atoms with Crippen LogP contribution in [0.3, 0.4) is 0 Å². The first-order valence-electron chi connectivity index (χ1n) is 6.24. The number of aryl methyl sites for hydroxylation is 2. The van der Waals surface area contributed by atoms with Gasteiger partial charge in [-0.15, -0.1) is 0 Å². The molecule has 2 heterocycles. The van der Waals surface area contributed by atoms with Crippen molar-refractivity contribution in [3.05, 3.63) is 51.2 Å². The van der Waals surface area contributed by atoms with Crippen LogP contribution in [0.25, 0.3) is 0 Å². The van der Waals surface area contributed by atoms with E-state index in [9.17, 15) is 4.79 Å². The van der Waals surface area contributed by atoms with Crippen LogP contribution in [0.5, 0.6) is 0 Å². The fourth-order valence-corrected chi connectivity index (χ4v) is 4.20. The van der Waals surface area contributed by atoms with Gasteiger partial charge in [0.15, 0.2) is 0 Å². The zero-order chi connectivity index (χ0) is 13.4. The number of benzene rings is 1. The third kappa shape index (κ3) is 2.47. The third-order valence-corrected chi connectivity index (χ3v) is 5.39. The monoisotopic (exact) mass is 335 g/mol. The van der Waals surface area contributed by atoms with Gasteiger partial charge in [-0.1, -0.05) is 28.1 Å². The van der Waals surface area contributed by atoms with Gasteiger partial charge >= 0.3 is 0 Å². The van der Waals surface area contributed by atoms with Crippen molar-refractivity contribution in [3.63, 3.8) is 0 Å². The third-order valence-electron chi connectivity index (χ3n) is 3.49. The Kier molecular flexibility index (Phi) is 3.46. The van der Waals surface area contributed by atoms with Crippen molar-refractivity contribution in [1.29, 1.82) is 0 Å². The molecule has 2 nitrogen and oxygen atoms in total. The number of rotatable bonds is 2. The highest BCUT2D eigenvalue weighted by atomic mass is 79.9. The minimum absolute atomic E-state index is 0.115. The summed E-state index contributed by atoms with van der Waals surface area (Å²) in [5.74, 6) is 0.115. The van der Waals surface area contributed by atoms with Crippen LogP contribution in [0.1, 0.15) is 33.5 Å². The number of carbonyl (C=O) groups excluding carboxylic acids is 1. The minimum atomic E-state index is 0.115. The van der Waals surface area contributed by atoms with Crippen molar-refractivity contribution in [3.8, 4) is 0 Å². The number of thiophene rings is 1. The van der Waals surface area contributed by atoms with Crippen molar-refractivity contribution in [2.75, 3.05) is 5.32 Å². The first-order valence-corrected chi connectivity index (χ1v) is 8.10. The Labute approximate surface area is 125 Å². The van der Waals surface area contributed by atoms with Crippen LogP contribution >= 0.6 is 27.3 Å². The van der Waals surface area contributed by atoms with Crippen molar-refractivity contribution in [2.24, 2.45) is 0 Å². The molecule has 1 atom stereocenters. The SMILES string of the molecule is Cc1cscc1C(Br)c1ccc2c(c1)CCC(=O)N2. The quantitative estimate of drug-likeness (QED) is 0.808. The summed E-state index contributed by atoms with van der Waals surface area (Å²) in [6, 6.07) is 6.30. The van der Waals surface area contributed by atoms with E-state index in [0.717, 1.165) is 12.1 Å². The van der Waals surface area contributed by atoms with Crippen molar-refractivity contribution in [1.82, 2.24) is 0 Å². The largest absolute Gasteiger partial charge is 0.326 e. The lowest BCUT2D eigenvalue weighted by atomic mass is 9.97. The molecule has 0 aliphatic carbocycles. The van der Waals surface area contributed by atoms with E-state index in [0.29, 0.717) is 6.42 Å². The second kappa shape index (κ2) is 5.10. The van der Waals surface area contributed by atoms with Gasteiger partial charge in [-0.25, -0.2) is 0 Å². The molecular weight excluding hydrogens is 322 g/mol. The van der Waals surface area contributed by atoms with E-state index in [1.165, 1.54) is 22.3 Å². The fourth-order valence-electron chi connectivity index (χ4n) is 2.37. The number of anilines is 1. The van der Waals surface area contributed by atoms with Gasteiger partial charge in [-0.3, -0.25) is 4.79 Å². The van der Waals surface area contributed by atoms with E-state index in [1.807, 2.05) is 6.07 Å². The average molecular weight is 336 g/mol. The molecule has 0 radical (unpaired) electrons. The smallest absolute Gasteiger partial charge is 0.224 e. The van der Waals surface area contributed by atoms with Crippen LogP contribution in [0.4, 0.5) is 5.69 Å². The number of amides is 1. The summed E-state index contributed by atoms with van der Waals surface area (Å²) >= 11 is 5.51. The number of hydrogen-bond acceptors (Lipinski definition) is 2. The Balaban J connectivity index is 1.94. The van der Waals surface area contributed by atoms with Gasteiger partial charge in [-0.05, 0) is 52.4 Å². The molecular formula is C15H14BrNOS. The molecule has 0 spiro atoms. The summed E-state index contributed by atoms with van der Waals surface area (Å²) in [6.45, 7) is 2.14. The maximum absolute atomic E-state index is 11.4. The van der Waals surface area contributed by atoms with E-state index in [4.69, 9.17) is 0 Å². The van der Waals surface area contributed by atoms with Crippen LogP contribution < -0.4 is 5.32 Å². The molecule has 1 amide bonds. The van der Waals surface area contributed by atoms with Gasteiger partial charge in [0.05, 0.1) is 4.83 Å². The van der Waals surface area contributed by atoms with Gasteiger partial charge in [0, 0.05) is 12.1 Å². The van der Waals surface area contributed by atoms with Gasteiger partial charge in [0.25, 0.3) is 0 Å². The molecule has 1 aliphatic rings. The van der Waals surface area contributed by atoms with Crippen molar-refractivity contribution < 1.29 is 4.79 Å². The van der Waals surface area contributed by atoms with E-state index in [1.54, 1.807) is 11.3 Å². The Morgan fingerprint density at radius 1 is 1.32 bits per heavy atom. The van der Waals surface area contributed by atoms with Crippen molar-refractivity contribution >= 4 is 38.9 Å². The normalized spacial score (nSPS) is 15.8. The highest BCUT2D eigenvalue weighted by molar-refractivity contribution is 9.09. The number of halogens is 1. The Bertz CT molecular complexity index is 635. The molecule has 0 bridgehead atoms. The van der Waals surface area contributed by atoms with Crippen LogP contribution in [-0.4, -0.2) is 5.91 Å². The summed E-state index contributed by atoms with van der Waals surface area (Å²) in [7, 11) is 0. The van der Waals surface area contributed by atoms with Crippen LogP contribution in [0.2, 0.25) is 0 Å². The van der Waals surface area contributed by atoms with E-state index < -0.39 is 0 Å². The zero-order valence-corrected chi connectivity index (χ0v) is 13.0. The standard InChI is InChI=1S/C15H14BrNOS/c1-9-7-19-8-12(9)15(16)11-2-4-13-10(6-11)3-5-14(18)17-13/h2,4,6-8,15H,3,5H2,1H3,(H,17,18). The van der Waals surface area contributed by atoms with Gasteiger partial charge in [0.2, 0.25) is 5.91 Å². The molecule has 4 heteroatoms. The molecule has 19 heavy (non-hydrogen) atoms. The van der Waals surface area contributed by atoms with Crippen LogP contribution in [0, 0.1) is 6.92 Å². The Morgan fingerprint density at radius 2 is 2.16 bits per heavy atom. The first kappa shape index (κ1) is 12.9. The molecule has 1 aliphatic heterocycles. The van der Waals surface area contributed by atoms with Gasteiger partial charge < -0.3 is 5.32 Å². The summed E-state index contributed by atoms with van der Waals surface area (Å²) in [6.07, 6.45) is 1.41. The molecule has 2 aromatic rings. The van der Waals surface area contributed by atoms with E-state index >= 15 is 0 Å². The van der Waals surface area contributed by atoms with Gasteiger partial charge in [-0.2, -0.15) is 11.3 Å². The molecule has 1 aromatic heterocycles. The highest BCUT2D eigenvalue weighted by Crippen LogP contribution is 2.36. The molecule has 1 N–H and O–H groups in total. The lowest BCUT2D eigenvalue weighted by Gasteiger charge is -2.19. The molecule has 3 rings (SSSR count). The second-order valence-corrected chi connectivity index (χ2v) is 6.50. The lowest BCUT2D eigenvalue weighted by molar-refractivity contribution is -0.116. The number of alkyl halides is 1. The van der Waals surface area contributed by atoms with Crippen LogP contribution in [0.15, 0.2) is 29.0 Å². The highest BCUT2D eigenvalue weighted by Gasteiger charge is 2.18. The van der Waals surface area contributed by atoms with Crippen molar-refractivity contribution in [2.45, 2.75) is 24.6 Å².